The van der Waals surface area contributed by atoms with Gasteiger partial charge in [-0.05, 0) is 60.5 Å². The van der Waals surface area contributed by atoms with E-state index in [4.69, 9.17) is 4.74 Å². The zero-order valence-corrected chi connectivity index (χ0v) is 17.2. The molecule has 0 spiro atoms. The van der Waals surface area contributed by atoms with Gasteiger partial charge in [0.2, 0.25) is 0 Å². The van der Waals surface area contributed by atoms with Crippen molar-refractivity contribution in [3.63, 3.8) is 0 Å². The average Bonchev–Trinajstić information content (AvgIpc) is 3.48. The minimum Gasteiger partial charge on any atom is -0.487 e. The molecule has 1 N–H and O–H groups in total. The third-order valence-electron chi connectivity index (χ3n) is 5.48. The van der Waals surface area contributed by atoms with Crippen molar-refractivity contribution in [2.45, 2.75) is 19.4 Å². The number of pyridine rings is 1. The molecule has 0 bridgehead atoms. The van der Waals surface area contributed by atoms with Crippen molar-refractivity contribution in [1.82, 2.24) is 20.1 Å². The van der Waals surface area contributed by atoms with Gasteiger partial charge in [-0.3, -0.25) is 9.78 Å². The normalized spacial score (nSPS) is 14.7. The summed E-state index contributed by atoms with van der Waals surface area (Å²) in [5, 5.41) is 7.20. The molecule has 0 saturated carbocycles. The van der Waals surface area contributed by atoms with Gasteiger partial charge in [0.05, 0.1) is 17.9 Å². The molecule has 5 rings (SSSR count). The molecular formula is C25H22N4O2. The van der Waals surface area contributed by atoms with Crippen LogP contribution in [0.1, 0.15) is 21.5 Å². The Morgan fingerprint density at radius 3 is 2.74 bits per heavy atom. The van der Waals surface area contributed by atoms with E-state index in [1.54, 1.807) is 29.2 Å². The first-order valence-corrected chi connectivity index (χ1v) is 10.3. The Morgan fingerprint density at radius 1 is 1.10 bits per heavy atom. The molecule has 154 valence electrons. The molecule has 0 saturated heterocycles. The summed E-state index contributed by atoms with van der Waals surface area (Å²) < 4.78 is 7.99. The number of carbonyl (C=O) groups excluding carboxylic acids is 1. The van der Waals surface area contributed by atoms with E-state index in [2.05, 4.69) is 21.5 Å². The fraction of sp³-hybridized carbons (Fsp3) is 0.160. The summed E-state index contributed by atoms with van der Waals surface area (Å²) in [6.07, 6.45) is 6.04. The Balaban J connectivity index is 1.25. The lowest BCUT2D eigenvalue weighted by atomic mass is 10.0. The number of rotatable bonds is 5. The molecule has 6 heteroatoms. The minimum absolute atomic E-state index is 0.104. The first kappa shape index (κ1) is 19.1. The number of nitrogens with zero attached hydrogens (tertiary/aromatic N) is 3. The van der Waals surface area contributed by atoms with Gasteiger partial charge in [0, 0.05) is 36.1 Å². The molecule has 4 aromatic rings. The third-order valence-corrected chi connectivity index (χ3v) is 5.48. The van der Waals surface area contributed by atoms with Gasteiger partial charge >= 0.3 is 0 Å². The zero-order chi connectivity index (χ0) is 21.2. The predicted octanol–water partition coefficient (Wildman–Crippen LogP) is 3.98. The number of ether oxygens (including phenoxy) is 1. The van der Waals surface area contributed by atoms with Crippen LogP contribution in [0.4, 0.5) is 0 Å². The maximum Gasteiger partial charge on any atom is 0.251 e. The fourth-order valence-electron chi connectivity index (χ4n) is 3.90. The van der Waals surface area contributed by atoms with Crippen LogP contribution in [0.15, 0.2) is 79.3 Å². The Labute approximate surface area is 180 Å². The smallest absolute Gasteiger partial charge is 0.251 e. The quantitative estimate of drug-likeness (QED) is 0.540. The number of para-hydroxylation sites is 1. The molecule has 6 nitrogen and oxygen atoms in total. The summed E-state index contributed by atoms with van der Waals surface area (Å²) in [6, 6.07) is 19.4. The van der Waals surface area contributed by atoms with Gasteiger partial charge in [-0.2, -0.15) is 5.10 Å². The van der Waals surface area contributed by atoms with Gasteiger partial charge in [0.1, 0.15) is 11.9 Å². The van der Waals surface area contributed by atoms with Crippen molar-refractivity contribution in [2.24, 2.45) is 0 Å². The summed E-state index contributed by atoms with van der Waals surface area (Å²) >= 11 is 0. The van der Waals surface area contributed by atoms with Crippen LogP contribution >= 0.6 is 0 Å². The van der Waals surface area contributed by atoms with Gasteiger partial charge < -0.3 is 10.1 Å². The van der Waals surface area contributed by atoms with E-state index in [1.807, 2.05) is 55.6 Å². The number of aryl methyl sites for hydroxylation is 1. The van der Waals surface area contributed by atoms with Crippen molar-refractivity contribution < 1.29 is 9.53 Å². The van der Waals surface area contributed by atoms with Gasteiger partial charge in [-0.15, -0.1) is 0 Å². The first-order chi connectivity index (χ1) is 15.2. The van der Waals surface area contributed by atoms with E-state index < -0.39 is 0 Å². The van der Waals surface area contributed by atoms with E-state index in [1.165, 1.54) is 0 Å². The number of hydrogen-bond donors (Lipinski definition) is 1. The van der Waals surface area contributed by atoms with Crippen LogP contribution in [0.5, 0.6) is 5.75 Å². The number of benzene rings is 2. The van der Waals surface area contributed by atoms with E-state index in [9.17, 15) is 4.79 Å². The molecule has 1 amide bonds. The maximum absolute atomic E-state index is 12.6. The van der Waals surface area contributed by atoms with E-state index in [-0.39, 0.29) is 12.0 Å². The number of hydrogen-bond acceptors (Lipinski definition) is 4. The highest BCUT2D eigenvalue weighted by Gasteiger charge is 2.27. The fourth-order valence-corrected chi connectivity index (χ4v) is 3.90. The lowest BCUT2D eigenvalue weighted by Gasteiger charge is -2.14. The first-order valence-electron chi connectivity index (χ1n) is 10.3. The molecular weight excluding hydrogens is 388 g/mol. The highest BCUT2D eigenvalue weighted by atomic mass is 16.5. The van der Waals surface area contributed by atoms with Crippen molar-refractivity contribution in [3.8, 4) is 22.7 Å². The molecule has 1 aliphatic heterocycles. The Hall–Kier alpha value is -3.93. The Morgan fingerprint density at radius 2 is 1.97 bits per heavy atom. The summed E-state index contributed by atoms with van der Waals surface area (Å²) in [6.45, 7) is 2.49. The van der Waals surface area contributed by atoms with Crippen LogP contribution in [0, 0.1) is 6.92 Å². The van der Waals surface area contributed by atoms with Crippen LogP contribution in [0.2, 0.25) is 0 Å². The second kappa shape index (κ2) is 8.07. The second-order valence-corrected chi connectivity index (χ2v) is 7.61. The van der Waals surface area contributed by atoms with E-state index in [0.717, 1.165) is 40.2 Å². The molecule has 2 aromatic heterocycles. The molecule has 31 heavy (non-hydrogen) atoms. The van der Waals surface area contributed by atoms with Crippen LogP contribution in [-0.2, 0) is 6.42 Å². The van der Waals surface area contributed by atoms with E-state index in [0.29, 0.717) is 12.1 Å². The summed E-state index contributed by atoms with van der Waals surface area (Å²) in [5.41, 5.74) is 5.70. The number of amides is 1. The zero-order valence-electron chi connectivity index (χ0n) is 17.2. The van der Waals surface area contributed by atoms with Crippen LogP contribution in [0.25, 0.3) is 16.9 Å². The van der Waals surface area contributed by atoms with Crippen molar-refractivity contribution >= 4 is 5.91 Å². The lowest BCUT2D eigenvalue weighted by molar-refractivity contribution is 0.0933. The minimum atomic E-state index is -0.118. The average molecular weight is 410 g/mol. The third kappa shape index (κ3) is 3.80. The molecule has 2 aromatic carbocycles. The number of fused-ring (bicyclic) bond motifs is 1. The van der Waals surface area contributed by atoms with Gasteiger partial charge in [0.25, 0.3) is 5.91 Å². The van der Waals surface area contributed by atoms with Crippen LogP contribution in [0.3, 0.4) is 0 Å². The molecule has 0 unspecified atom stereocenters. The standard InChI is InChI=1S/C25H22N4O2/c1-17-5-3-12-26-23(17)22-7-2-6-19-15-21(31-24(19)22)16-27-25(30)18-8-10-20(11-9-18)29-14-4-13-28-29/h2-14,21H,15-16H2,1H3,(H,27,30)/t21-/m0/s1. The summed E-state index contributed by atoms with van der Waals surface area (Å²) in [5.74, 6) is 0.750. The van der Waals surface area contributed by atoms with Gasteiger partial charge in [-0.1, -0.05) is 18.2 Å². The molecule has 0 aliphatic carbocycles. The second-order valence-electron chi connectivity index (χ2n) is 7.61. The van der Waals surface area contributed by atoms with Gasteiger partial charge in [-0.25, -0.2) is 4.68 Å². The largest absolute Gasteiger partial charge is 0.487 e. The summed E-state index contributed by atoms with van der Waals surface area (Å²) in [4.78, 5) is 17.1. The predicted molar refractivity (Wildman–Crippen MR) is 118 cm³/mol. The van der Waals surface area contributed by atoms with Crippen molar-refractivity contribution in [1.29, 1.82) is 0 Å². The molecule has 1 aliphatic rings. The van der Waals surface area contributed by atoms with E-state index >= 15 is 0 Å². The monoisotopic (exact) mass is 410 g/mol. The molecule has 0 radical (unpaired) electrons. The summed E-state index contributed by atoms with van der Waals surface area (Å²) in [7, 11) is 0. The highest BCUT2D eigenvalue weighted by molar-refractivity contribution is 5.94. The number of carbonyl (C=O) groups is 1. The molecule has 3 heterocycles. The molecule has 1 atom stereocenters. The Bertz CT molecular complexity index is 1220. The lowest BCUT2D eigenvalue weighted by Crippen LogP contribution is -2.34. The van der Waals surface area contributed by atoms with Crippen LogP contribution < -0.4 is 10.1 Å². The Kier molecular flexibility index (Phi) is 4.96. The maximum atomic E-state index is 12.6. The van der Waals surface area contributed by atoms with Gasteiger partial charge in [0.15, 0.2) is 0 Å². The van der Waals surface area contributed by atoms with Crippen molar-refractivity contribution in [2.75, 3.05) is 6.54 Å². The number of nitrogens with one attached hydrogen (secondary N) is 1. The van der Waals surface area contributed by atoms with Crippen LogP contribution in [-0.4, -0.2) is 33.3 Å². The topological polar surface area (TPSA) is 69.0 Å². The van der Waals surface area contributed by atoms with Crippen molar-refractivity contribution in [3.05, 3.63) is 95.9 Å². The number of aromatic nitrogens is 3. The highest BCUT2D eigenvalue weighted by Crippen LogP contribution is 2.38. The SMILES string of the molecule is Cc1cccnc1-c1cccc2c1O[C@H](CNC(=O)c1ccc(-n3cccn3)cc1)C2. The molecule has 0 fully saturated rings.